The smallest absolute Gasteiger partial charge is 0.338 e. The molecule has 0 aliphatic rings. The summed E-state index contributed by atoms with van der Waals surface area (Å²) in [5.41, 5.74) is 3.26. The lowest BCUT2D eigenvalue weighted by atomic mass is 10.0. The van der Waals surface area contributed by atoms with Crippen LogP contribution in [0.3, 0.4) is 0 Å². The number of hydrogen-bond donors (Lipinski definition) is 3. The lowest BCUT2D eigenvalue weighted by Crippen LogP contribution is -2.21. The highest BCUT2D eigenvalue weighted by Crippen LogP contribution is 2.32. The second-order valence-electron chi connectivity index (χ2n) is 8.98. The minimum absolute atomic E-state index is 0.0492. The average Bonchev–Trinajstić information content (AvgIpc) is 3.21. The molecule has 6 nitrogen and oxygen atoms in total. The fourth-order valence-corrected chi connectivity index (χ4v) is 4.33. The molecule has 0 bridgehead atoms. The second-order valence-corrected chi connectivity index (χ2v) is 8.98. The number of hydrogen-bond acceptors (Lipinski definition) is 5. The van der Waals surface area contributed by atoms with Gasteiger partial charge in [0.2, 0.25) is 0 Å². The maximum absolute atomic E-state index is 13.1. The average molecular weight is 492 g/mol. The molecule has 0 spiro atoms. The van der Waals surface area contributed by atoms with Crippen molar-refractivity contribution in [2.75, 3.05) is 6.61 Å². The van der Waals surface area contributed by atoms with E-state index in [1.165, 1.54) is 24.3 Å². The summed E-state index contributed by atoms with van der Waals surface area (Å²) in [4.78, 5) is 12.2. The third-order valence-electron chi connectivity index (χ3n) is 6.22. The molecule has 0 radical (unpaired) electrons. The molecule has 188 valence electrons. The van der Waals surface area contributed by atoms with Crippen molar-refractivity contribution in [2.45, 2.75) is 45.3 Å². The van der Waals surface area contributed by atoms with Gasteiger partial charge in [-0.1, -0.05) is 31.5 Å². The van der Waals surface area contributed by atoms with Crippen LogP contribution in [-0.2, 0) is 24.1 Å². The normalized spacial score (nSPS) is 12.1. The molecule has 3 N–H and O–H groups in total. The van der Waals surface area contributed by atoms with Crippen molar-refractivity contribution in [3.8, 4) is 11.5 Å². The van der Waals surface area contributed by atoms with Crippen LogP contribution in [0.1, 0.15) is 46.8 Å². The first-order valence-electron chi connectivity index (χ1n) is 12.1. The summed E-state index contributed by atoms with van der Waals surface area (Å²) in [6.45, 7) is 2.13. The van der Waals surface area contributed by atoms with E-state index in [0.717, 1.165) is 41.3 Å². The summed E-state index contributed by atoms with van der Waals surface area (Å²) in [5, 5.41) is 32.7. The van der Waals surface area contributed by atoms with Crippen molar-refractivity contribution in [3.63, 3.8) is 0 Å². The number of unbranched alkanes of at least 4 members (excludes halogenated alkanes) is 1. The topological polar surface area (TPSA) is 91.9 Å². The molecule has 0 aliphatic carbocycles. The molecule has 36 heavy (non-hydrogen) atoms. The monoisotopic (exact) mass is 491 g/mol. The number of halogens is 1. The van der Waals surface area contributed by atoms with Gasteiger partial charge in [-0.05, 0) is 66.4 Å². The highest BCUT2D eigenvalue weighted by atomic mass is 19.1. The number of esters is 1. The van der Waals surface area contributed by atoms with E-state index in [2.05, 4.69) is 6.92 Å². The number of ether oxygens (including phenoxy) is 1. The molecule has 0 aliphatic heterocycles. The Bertz CT molecular complexity index is 1320. The number of aliphatic hydroxyl groups is 1. The van der Waals surface area contributed by atoms with Crippen LogP contribution >= 0.6 is 0 Å². The number of phenols is 2. The molecular formula is C29H30FNO5. The van der Waals surface area contributed by atoms with Crippen molar-refractivity contribution in [2.24, 2.45) is 0 Å². The van der Waals surface area contributed by atoms with Gasteiger partial charge in [0.25, 0.3) is 0 Å². The third-order valence-corrected chi connectivity index (χ3v) is 6.22. The van der Waals surface area contributed by atoms with E-state index in [9.17, 15) is 24.5 Å². The number of aromatic hydroxyl groups is 2. The Hall–Kier alpha value is -3.84. The van der Waals surface area contributed by atoms with Crippen LogP contribution in [0, 0.1) is 5.82 Å². The van der Waals surface area contributed by atoms with E-state index in [0.29, 0.717) is 5.56 Å². The van der Waals surface area contributed by atoms with Crippen LogP contribution in [0.2, 0.25) is 0 Å². The van der Waals surface area contributed by atoms with Gasteiger partial charge < -0.3 is 24.6 Å². The van der Waals surface area contributed by atoms with E-state index in [4.69, 9.17) is 4.74 Å². The Morgan fingerprint density at radius 2 is 1.75 bits per heavy atom. The minimum atomic E-state index is -0.951. The van der Waals surface area contributed by atoms with Gasteiger partial charge in [-0.15, -0.1) is 0 Å². The summed E-state index contributed by atoms with van der Waals surface area (Å²) in [7, 11) is 0. The number of para-hydroxylation sites is 1. The second kappa shape index (κ2) is 11.3. The number of carbonyl (C=O) groups excluding carboxylic acids is 1. The lowest BCUT2D eigenvalue weighted by Gasteiger charge is -2.12. The molecule has 0 saturated carbocycles. The fraction of sp³-hybridized carbons (Fsp3) is 0.276. The number of carbonyl (C=O) groups is 1. The van der Waals surface area contributed by atoms with Gasteiger partial charge in [-0.3, -0.25) is 0 Å². The molecule has 0 unspecified atom stereocenters. The standard InChI is InChI=1S/C29H30FNO5/c1-2-3-6-19-13-27(33)25(28(34)14-19)17-31-16-21(24-7-4-5-8-26(24)31)15-23(32)18-36-29(35)20-9-11-22(30)12-10-20/h4-5,7-14,16,23,32-34H,2-3,6,15,17-18H2,1H3/t23-/m0/s1. The van der Waals surface area contributed by atoms with Gasteiger partial charge in [-0.25, -0.2) is 9.18 Å². The molecule has 1 atom stereocenters. The lowest BCUT2D eigenvalue weighted by molar-refractivity contribution is 0.0259. The predicted octanol–water partition coefficient (Wildman–Crippen LogP) is 5.34. The molecule has 4 rings (SSSR count). The van der Waals surface area contributed by atoms with Crippen LogP contribution in [0.15, 0.2) is 66.9 Å². The van der Waals surface area contributed by atoms with E-state index in [1.807, 2.05) is 35.0 Å². The van der Waals surface area contributed by atoms with Gasteiger partial charge in [0, 0.05) is 23.5 Å². The van der Waals surface area contributed by atoms with Gasteiger partial charge >= 0.3 is 5.97 Å². The number of aryl methyl sites for hydroxylation is 1. The molecule has 3 aromatic carbocycles. The van der Waals surface area contributed by atoms with Gasteiger partial charge in [0.15, 0.2) is 0 Å². The SMILES string of the molecule is CCCCc1cc(O)c(Cn2cc(C[C@H](O)COC(=O)c3ccc(F)cc3)c3ccccc32)c(O)c1. The van der Waals surface area contributed by atoms with Crippen LogP contribution in [0.4, 0.5) is 4.39 Å². The summed E-state index contributed by atoms with van der Waals surface area (Å²) >= 11 is 0. The minimum Gasteiger partial charge on any atom is -0.507 e. The molecule has 7 heteroatoms. The third kappa shape index (κ3) is 5.86. The van der Waals surface area contributed by atoms with Crippen molar-refractivity contribution in [1.29, 1.82) is 0 Å². The Labute approximate surface area is 209 Å². The Morgan fingerprint density at radius 1 is 1.06 bits per heavy atom. The van der Waals surface area contributed by atoms with Gasteiger partial charge in [-0.2, -0.15) is 0 Å². The van der Waals surface area contributed by atoms with Gasteiger partial charge in [0.05, 0.1) is 23.8 Å². The number of rotatable bonds is 10. The fourth-order valence-electron chi connectivity index (χ4n) is 4.33. The largest absolute Gasteiger partial charge is 0.507 e. The maximum atomic E-state index is 13.1. The number of phenolic OH excluding ortho intramolecular Hbond substituents is 2. The molecule has 0 amide bonds. The molecular weight excluding hydrogens is 461 g/mol. The molecule has 1 aromatic heterocycles. The van der Waals surface area contributed by atoms with Crippen molar-refractivity contribution in [3.05, 3.63) is 94.9 Å². The van der Waals surface area contributed by atoms with E-state index >= 15 is 0 Å². The molecule has 0 saturated heterocycles. The number of aliphatic hydroxyl groups excluding tert-OH is 1. The molecule has 4 aromatic rings. The number of aromatic nitrogens is 1. The van der Waals surface area contributed by atoms with Gasteiger partial charge in [0.1, 0.15) is 23.9 Å². The zero-order valence-corrected chi connectivity index (χ0v) is 20.2. The summed E-state index contributed by atoms with van der Waals surface area (Å²) in [5.74, 6) is -0.983. The van der Waals surface area contributed by atoms with Crippen LogP contribution in [0.5, 0.6) is 11.5 Å². The molecule has 1 heterocycles. The number of nitrogens with zero attached hydrogens (tertiary/aromatic N) is 1. The maximum Gasteiger partial charge on any atom is 0.338 e. The predicted molar refractivity (Wildman–Crippen MR) is 136 cm³/mol. The Kier molecular flexibility index (Phi) is 7.90. The number of benzene rings is 3. The van der Waals surface area contributed by atoms with Crippen molar-refractivity contribution in [1.82, 2.24) is 4.57 Å². The quantitative estimate of drug-likeness (QED) is 0.260. The van der Waals surface area contributed by atoms with Crippen LogP contribution in [0.25, 0.3) is 10.9 Å². The first-order chi connectivity index (χ1) is 17.4. The van der Waals surface area contributed by atoms with Crippen molar-refractivity contribution >= 4 is 16.9 Å². The van der Waals surface area contributed by atoms with Crippen LogP contribution < -0.4 is 0 Å². The zero-order valence-electron chi connectivity index (χ0n) is 20.2. The number of fused-ring (bicyclic) bond motifs is 1. The van der Waals surface area contributed by atoms with Crippen molar-refractivity contribution < 1.29 is 29.2 Å². The van der Waals surface area contributed by atoms with Crippen LogP contribution in [-0.4, -0.2) is 38.6 Å². The van der Waals surface area contributed by atoms with E-state index in [1.54, 1.807) is 12.1 Å². The Morgan fingerprint density at radius 3 is 2.44 bits per heavy atom. The van der Waals surface area contributed by atoms with E-state index < -0.39 is 17.9 Å². The van der Waals surface area contributed by atoms with E-state index in [-0.39, 0.29) is 36.6 Å². The Balaban J connectivity index is 1.49. The molecule has 0 fully saturated rings. The summed E-state index contributed by atoms with van der Waals surface area (Å²) in [6, 6.07) is 16.1. The highest BCUT2D eigenvalue weighted by molar-refractivity contribution is 5.89. The first-order valence-corrected chi connectivity index (χ1v) is 12.1. The summed E-state index contributed by atoms with van der Waals surface area (Å²) in [6.07, 6.45) is 3.95. The zero-order chi connectivity index (χ0) is 25.7. The highest BCUT2D eigenvalue weighted by Gasteiger charge is 2.17. The summed E-state index contributed by atoms with van der Waals surface area (Å²) < 4.78 is 20.2. The first kappa shape index (κ1) is 25.3.